The highest BCUT2D eigenvalue weighted by molar-refractivity contribution is 7.80. The van der Waals surface area contributed by atoms with E-state index in [1.807, 2.05) is 190 Å². The molecule has 9 rings (SSSR count). The zero-order valence-corrected chi connectivity index (χ0v) is 34.3. The molecule has 7 aromatic rings. The van der Waals surface area contributed by atoms with Gasteiger partial charge >= 0.3 is 13.7 Å². The van der Waals surface area contributed by atoms with Gasteiger partial charge in [0, 0.05) is 5.30 Å². The Morgan fingerprint density at radius 1 is 0.492 bits per heavy atom. The van der Waals surface area contributed by atoms with E-state index in [-0.39, 0.29) is 5.75 Å². The minimum absolute atomic E-state index is 0.282. The molecule has 1 unspecified atom stereocenters. The van der Waals surface area contributed by atoms with Gasteiger partial charge in [0.1, 0.15) is 18.0 Å². The van der Waals surface area contributed by atoms with Gasteiger partial charge in [-0.05, 0) is 60.7 Å². The maximum absolute atomic E-state index is 14.8. The fourth-order valence-corrected chi connectivity index (χ4v) is 11.5. The third-order valence-electron chi connectivity index (χ3n) is 10.9. The fourth-order valence-electron chi connectivity index (χ4n) is 8.47. The largest absolute Gasteiger partial charge is 0.588 e. The average Bonchev–Trinajstić information content (AvgIpc) is 3.57. The van der Waals surface area contributed by atoms with E-state index < -0.39 is 50.9 Å². The molecule has 9 heteroatoms. The fraction of sp³-hybridized carbons (Fsp3) is 0.160. The van der Waals surface area contributed by atoms with Crippen molar-refractivity contribution in [1.29, 1.82) is 0 Å². The summed E-state index contributed by atoms with van der Waals surface area (Å²) in [6.45, 7) is 3.71. The summed E-state index contributed by atoms with van der Waals surface area (Å²) in [6.07, 6.45) is -2.02. The number of hydrogen-bond acceptors (Lipinski definition) is 7. The quantitative estimate of drug-likeness (QED) is 0.128. The van der Waals surface area contributed by atoms with Crippen LogP contribution < -0.4 is 25.5 Å². The molecule has 2 fully saturated rings. The molecular formula is C50H42O7P2. The van der Waals surface area contributed by atoms with Crippen LogP contribution in [0.5, 0.6) is 5.75 Å². The van der Waals surface area contributed by atoms with Crippen molar-refractivity contribution < 1.29 is 33.1 Å². The molecule has 7 nitrogen and oxygen atoms in total. The molecule has 0 bridgehead atoms. The Balaban J connectivity index is 1.37. The van der Waals surface area contributed by atoms with E-state index in [0.717, 1.165) is 15.9 Å². The predicted octanol–water partition coefficient (Wildman–Crippen LogP) is 8.99. The van der Waals surface area contributed by atoms with Gasteiger partial charge in [-0.1, -0.05) is 205 Å². The van der Waals surface area contributed by atoms with Crippen LogP contribution in [-0.2, 0) is 34.7 Å². The summed E-state index contributed by atoms with van der Waals surface area (Å²) in [5.41, 5.74) is -3.71. The van der Waals surface area contributed by atoms with Crippen molar-refractivity contribution in [3.63, 3.8) is 0 Å². The average molecular weight is 817 g/mol. The number of para-hydroxylation sites is 1. The Kier molecular flexibility index (Phi) is 10.6. The molecule has 2 heterocycles. The topological polar surface area (TPSA) is 86.3 Å². The molecule has 0 radical (unpaired) electrons. The first-order valence-corrected chi connectivity index (χ1v) is 22.1. The lowest BCUT2D eigenvalue weighted by atomic mass is 9.72. The van der Waals surface area contributed by atoms with Crippen molar-refractivity contribution in [2.24, 2.45) is 0 Å². The van der Waals surface area contributed by atoms with Crippen LogP contribution in [0.1, 0.15) is 36.1 Å². The van der Waals surface area contributed by atoms with Crippen molar-refractivity contribution >= 4 is 31.9 Å². The van der Waals surface area contributed by atoms with Gasteiger partial charge < -0.3 is 19.1 Å². The molecule has 0 aromatic heterocycles. The van der Waals surface area contributed by atoms with Gasteiger partial charge in [0.25, 0.3) is 0 Å². The number of ether oxygens (including phenoxy) is 5. The van der Waals surface area contributed by atoms with Crippen molar-refractivity contribution in [2.45, 2.75) is 48.8 Å². The van der Waals surface area contributed by atoms with Crippen LogP contribution in [0.3, 0.4) is 0 Å². The second-order valence-electron chi connectivity index (χ2n) is 15.0. The lowest BCUT2D eigenvalue weighted by Crippen LogP contribution is -2.53. The van der Waals surface area contributed by atoms with Crippen molar-refractivity contribution in [3.05, 3.63) is 229 Å². The van der Waals surface area contributed by atoms with Gasteiger partial charge in [0.05, 0.1) is 0 Å². The predicted molar refractivity (Wildman–Crippen MR) is 229 cm³/mol. The summed E-state index contributed by atoms with van der Waals surface area (Å²) in [5, 5.41) is 2.88. The Hall–Kier alpha value is -5.33. The zero-order chi connectivity index (χ0) is 40.5. The summed E-state index contributed by atoms with van der Waals surface area (Å²) in [7, 11) is -5.05. The second-order valence-corrected chi connectivity index (χ2v) is 18.2. The molecule has 294 valence electrons. The molecule has 0 amide bonds. The smallest absolute Gasteiger partial charge is 0.542 e. The SMILES string of the molecule is CC1(C)O[C@@H]2[C@@H](O1)C(c1ccccc1)(c1ccccc1)OC(Oc1ccccc1P(c1ccccc1)c1ccccc1)([P+](=O)[O-])OC2(c1ccccc1)c1ccccc1. The van der Waals surface area contributed by atoms with Gasteiger partial charge in [-0.2, -0.15) is 0 Å². The van der Waals surface area contributed by atoms with Crippen LogP contribution in [0, 0.1) is 0 Å². The maximum atomic E-state index is 14.8. The van der Waals surface area contributed by atoms with Crippen LogP contribution >= 0.6 is 15.9 Å². The summed E-state index contributed by atoms with van der Waals surface area (Å²) < 4.78 is 50.9. The number of benzene rings is 7. The van der Waals surface area contributed by atoms with Crippen LogP contribution in [0.25, 0.3) is 0 Å². The van der Waals surface area contributed by atoms with E-state index in [0.29, 0.717) is 22.3 Å². The van der Waals surface area contributed by atoms with E-state index in [1.165, 1.54) is 0 Å². The Morgan fingerprint density at radius 3 is 1.17 bits per heavy atom. The maximum Gasteiger partial charge on any atom is 0.542 e. The lowest BCUT2D eigenvalue weighted by Gasteiger charge is -2.41. The normalized spacial score (nSPS) is 20.2. The van der Waals surface area contributed by atoms with Gasteiger partial charge in [-0.3, -0.25) is 9.47 Å². The minimum Gasteiger partial charge on any atom is -0.588 e. The first-order chi connectivity index (χ1) is 28.8. The first-order valence-electron chi connectivity index (χ1n) is 19.6. The number of rotatable bonds is 10. The van der Waals surface area contributed by atoms with E-state index in [4.69, 9.17) is 23.7 Å². The third-order valence-corrected chi connectivity index (χ3v) is 14.1. The molecule has 0 aliphatic carbocycles. The highest BCUT2D eigenvalue weighted by atomic mass is 31.1. The lowest BCUT2D eigenvalue weighted by molar-refractivity contribution is -0.373. The highest BCUT2D eigenvalue weighted by Crippen LogP contribution is 2.61. The zero-order valence-electron chi connectivity index (χ0n) is 32.5. The molecule has 2 saturated heterocycles. The van der Waals surface area contributed by atoms with Crippen molar-refractivity contribution in [2.75, 3.05) is 0 Å². The van der Waals surface area contributed by atoms with Gasteiger partial charge in [0.2, 0.25) is 0 Å². The molecule has 0 N–H and O–H groups in total. The summed E-state index contributed by atoms with van der Waals surface area (Å²) in [5.74, 6) is -0.884. The van der Waals surface area contributed by atoms with E-state index in [1.54, 1.807) is 6.07 Å². The third kappa shape index (κ3) is 7.03. The Morgan fingerprint density at radius 2 is 0.814 bits per heavy atom. The van der Waals surface area contributed by atoms with Gasteiger partial charge in [-0.25, -0.2) is 0 Å². The summed E-state index contributed by atoms with van der Waals surface area (Å²) in [4.78, 5) is 14.8. The number of fused-ring (bicyclic) bond motifs is 1. The molecule has 2 aliphatic rings. The summed E-state index contributed by atoms with van der Waals surface area (Å²) >= 11 is 0. The van der Waals surface area contributed by atoms with Crippen molar-refractivity contribution in [1.82, 2.24) is 0 Å². The first kappa shape index (κ1) is 39.1. The molecule has 0 saturated carbocycles. The molecule has 59 heavy (non-hydrogen) atoms. The summed E-state index contributed by atoms with van der Waals surface area (Å²) in [6, 6.07) is 66.0. The van der Waals surface area contributed by atoms with Gasteiger partial charge in [-0.15, -0.1) is 0 Å². The van der Waals surface area contributed by atoms with E-state index in [2.05, 4.69) is 24.3 Å². The Labute approximate surface area is 346 Å². The van der Waals surface area contributed by atoms with Crippen molar-refractivity contribution in [3.8, 4) is 5.75 Å². The monoisotopic (exact) mass is 816 g/mol. The van der Waals surface area contributed by atoms with E-state index >= 15 is 0 Å². The molecule has 3 atom stereocenters. The molecule has 2 aliphatic heterocycles. The minimum atomic E-state index is -3.78. The van der Waals surface area contributed by atoms with Crippen LogP contribution in [0.15, 0.2) is 206 Å². The standard InChI is InChI=1S/C50H42O7P2/c1-47(2)54-45-46(55-47)49(39-27-13-5-14-28-39,40-29-15-6-16-30-40)57-50(59(51)52,56-48(45,37-23-9-3-10-24-37)38-25-11-4-12-26-38)53-43-35-21-22-36-44(43)58(41-31-17-7-18-32-41)42-33-19-8-20-34-42/h3-36,45-46H,1-2H3/t45-,46-/m1/s1. The van der Waals surface area contributed by atoms with Crippen LogP contribution in [-0.4, -0.2) is 23.7 Å². The molecular weight excluding hydrogens is 774 g/mol. The Bertz CT molecular complexity index is 2290. The van der Waals surface area contributed by atoms with Crippen LogP contribution in [0.4, 0.5) is 0 Å². The second kappa shape index (κ2) is 16.0. The van der Waals surface area contributed by atoms with Gasteiger partial charge in [0.15, 0.2) is 17.0 Å². The number of hydrogen-bond donors (Lipinski definition) is 0. The van der Waals surface area contributed by atoms with Crippen LogP contribution in [0.2, 0.25) is 0 Å². The van der Waals surface area contributed by atoms with E-state index in [9.17, 15) is 9.46 Å². The molecule has 0 spiro atoms. The molecule has 7 aromatic carbocycles. The highest BCUT2D eigenvalue weighted by Gasteiger charge is 2.74.